The van der Waals surface area contributed by atoms with Gasteiger partial charge in [0.05, 0.1) is 5.56 Å². The summed E-state index contributed by atoms with van der Waals surface area (Å²) < 4.78 is 12.9. The van der Waals surface area contributed by atoms with Crippen LogP contribution in [-0.2, 0) is 0 Å². The van der Waals surface area contributed by atoms with Gasteiger partial charge in [0.15, 0.2) is 17.5 Å². The molecule has 0 spiro atoms. The minimum absolute atomic E-state index is 0.492. The van der Waals surface area contributed by atoms with Crippen LogP contribution >= 0.6 is 0 Å². The summed E-state index contributed by atoms with van der Waals surface area (Å²) in [4.78, 5) is 24.5. The second-order valence-electron chi connectivity index (χ2n) is 14.1. The number of rotatable bonds is 4. The molecule has 7 nitrogen and oxygen atoms in total. The molecule has 5 aromatic heterocycles. The highest BCUT2D eigenvalue weighted by Crippen LogP contribution is 2.41. The third-order valence-corrected chi connectivity index (χ3v) is 10.8. The van der Waals surface area contributed by atoms with Gasteiger partial charge in [-0.2, -0.15) is 0 Å². The van der Waals surface area contributed by atoms with Crippen LogP contribution in [-0.4, -0.2) is 24.9 Å². The van der Waals surface area contributed by atoms with Crippen molar-refractivity contribution >= 4 is 76.3 Å². The highest BCUT2D eigenvalue weighted by Gasteiger charge is 2.20. The van der Waals surface area contributed by atoms with Crippen LogP contribution in [0.3, 0.4) is 0 Å². The molecule has 12 rings (SSSR count). The number of para-hydroxylation sites is 2. The van der Waals surface area contributed by atoms with E-state index in [1.54, 1.807) is 12.4 Å². The number of aromatic nitrogens is 5. The molecule has 0 aliphatic carbocycles. The Morgan fingerprint density at radius 1 is 0.357 bits per heavy atom. The van der Waals surface area contributed by atoms with E-state index in [1.165, 1.54) is 21.5 Å². The minimum Gasteiger partial charge on any atom is -0.455 e. The summed E-state index contributed by atoms with van der Waals surface area (Å²) in [6.07, 6.45) is 5.42. The van der Waals surface area contributed by atoms with Crippen LogP contribution in [0.25, 0.3) is 122 Å². The summed E-state index contributed by atoms with van der Waals surface area (Å²) in [6, 6.07) is 50.0. The van der Waals surface area contributed by atoms with E-state index in [1.807, 2.05) is 60.8 Å². The molecule has 0 atom stereocenters. The van der Waals surface area contributed by atoms with Crippen LogP contribution in [0.15, 0.2) is 173 Å². The van der Waals surface area contributed by atoms with Crippen molar-refractivity contribution < 1.29 is 8.83 Å². The Balaban J connectivity index is 1.09. The predicted molar refractivity (Wildman–Crippen MR) is 224 cm³/mol. The van der Waals surface area contributed by atoms with Crippen molar-refractivity contribution in [3.63, 3.8) is 0 Å². The molecular formula is C49H27N5O2. The monoisotopic (exact) mass is 717 g/mol. The third kappa shape index (κ3) is 4.68. The molecule has 7 heteroatoms. The Bertz CT molecular complexity index is 3550. The van der Waals surface area contributed by atoms with Crippen LogP contribution in [0.1, 0.15) is 0 Å². The zero-order valence-electron chi connectivity index (χ0n) is 29.6. The third-order valence-electron chi connectivity index (χ3n) is 10.8. The predicted octanol–water partition coefficient (Wildman–Crippen LogP) is 12.6. The van der Waals surface area contributed by atoms with Crippen LogP contribution < -0.4 is 0 Å². The first-order valence-corrected chi connectivity index (χ1v) is 18.5. The molecule has 0 aliphatic rings. The van der Waals surface area contributed by atoms with Gasteiger partial charge in [0.1, 0.15) is 16.7 Å². The van der Waals surface area contributed by atoms with Crippen LogP contribution in [0.2, 0.25) is 0 Å². The standard InChI is InChI=1S/C49H27N5O2/c1-3-15-34-32(13-1)33-14-2-4-16-35(33)40-25-44-41(24-39(34)40)42-23-31(27-51-49(42)56-44)47-52-46(29-11-7-10-28(22-29)30-12-9-21-50-26-30)53-48(54-47)38-19-8-18-37-36-17-5-6-20-43(36)55-45(37)38/h1-27H. The van der Waals surface area contributed by atoms with Gasteiger partial charge in [-0.1, -0.05) is 103 Å². The van der Waals surface area contributed by atoms with Crippen LogP contribution in [0, 0.1) is 0 Å². The molecule has 7 aromatic carbocycles. The fourth-order valence-corrected chi connectivity index (χ4v) is 8.23. The van der Waals surface area contributed by atoms with Gasteiger partial charge in [-0.3, -0.25) is 4.98 Å². The topological polar surface area (TPSA) is 90.7 Å². The summed E-state index contributed by atoms with van der Waals surface area (Å²) in [7, 11) is 0. The number of fused-ring (bicyclic) bond motifs is 12. The zero-order chi connectivity index (χ0) is 36.7. The lowest BCUT2D eigenvalue weighted by Crippen LogP contribution is -2.00. The van der Waals surface area contributed by atoms with E-state index in [4.69, 9.17) is 28.8 Å². The lowest BCUT2D eigenvalue weighted by molar-refractivity contribution is 0.654. The van der Waals surface area contributed by atoms with Gasteiger partial charge in [-0.15, -0.1) is 0 Å². The normalized spacial score (nSPS) is 11.9. The van der Waals surface area contributed by atoms with E-state index in [0.717, 1.165) is 76.9 Å². The van der Waals surface area contributed by atoms with Crippen molar-refractivity contribution in [1.29, 1.82) is 0 Å². The Hall–Kier alpha value is -7.77. The smallest absolute Gasteiger partial charge is 0.227 e. The van der Waals surface area contributed by atoms with Crippen molar-refractivity contribution in [2.24, 2.45) is 0 Å². The lowest BCUT2D eigenvalue weighted by atomic mass is 9.93. The average Bonchev–Trinajstić information content (AvgIpc) is 3.84. The molecule has 0 saturated carbocycles. The molecule has 0 bridgehead atoms. The molecule has 0 fully saturated rings. The van der Waals surface area contributed by atoms with Gasteiger partial charge >= 0.3 is 0 Å². The highest BCUT2D eigenvalue weighted by atomic mass is 16.3. The molecule has 260 valence electrons. The van der Waals surface area contributed by atoms with E-state index in [0.29, 0.717) is 23.2 Å². The molecule has 5 heterocycles. The molecular weight excluding hydrogens is 691 g/mol. The maximum atomic E-state index is 6.46. The zero-order valence-corrected chi connectivity index (χ0v) is 29.6. The van der Waals surface area contributed by atoms with Crippen molar-refractivity contribution in [3.8, 4) is 45.3 Å². The number of pyridine rings is 2. The van der Waals surface area contributed by atoms with E-state index >= 15 is 0 Å². The van der Waals surface area contributed by atoms with Gasteiger partial charge in [-0.25, -0.2) is 19.9 Å². The SMILES string of the molecule is c1cncc(-c2cccc(-c3nc(-c4cnc5oc6cc7c8ccccc8c8ccccc8c7cc6c5c4)nc(-c4cccc5c4oc4ccccc45)n3)c2)c1. The summed E-state index contributed by atoms with van der Waals surface area (Å²) in [6.45, 7) is 0. The maximum absolute atomic E-state index is 6.46. The first kappa shape index (κ1) is 30.7. The van der Waals surface area contributed by atoms with Gasteiger partial charge < -0.3 is 8.83 Å². The van der Waals surface area contributed by atoms with Gasteiger partial charge in [-0.05, 0) is 80.3 Å². The molecule has 0 amide bonds. The molecule has 0 N–H and O–H groups in total. The number of benzene rings is 7. The molecule has 12 aromatic rings. The first-order chi connectivity index (χ1) is 27.7. The van der Waals surface area contributed by atoms with Crippen molar-refractivity contribution in [2.45, 2.75) is 0 Å². The summed E-state index contributed by atoms with van der Waals surface area (Å²) in [5.41, 5.74) is 7.25. The molecule has 0 aliphatic heterocycles. The fourth-order valence-electron chi connectivity index (χ4n) is 8.23. The Morgan fingerprint density at radius 2 is 1.00 bits per heavy atom. The number of hydrogen-bond acceptors (Lipinski definition) is 7. The molecule has 56 heavy (non-hydrogen) atoms. The summed E-state index contributed by atoms with van der Waals surface area (Å²) in [5.74, 6) is 1.53. The van der Waals surface area contributed by atoms with E-state index in [-0.39, 0.29) is 0 Å². The molecule has 0 unspecified atom stereocenters. The van der Waals surface area contributed by atoms with Gasteiger partial charge in [0.25, 0.3) is 0 Å². The maximum Gasteiger partial charge on any atom is 0.227 e. The largest absolute Gasteiger partial charge is 0.455 e. The van der Waals surface area contributed by atoms with Crippen molar-refractivity contribution in [2.75, 3.05) is 0 Å². The summed E-state index contributed by atoms with van der Waals surface area (Å²) in [5, 5.41) is 11.0. The Morgan fingerprint density at radius 3 is 1.79 bits per heavy atom. The van der Waals surface area contributed by atoms with Gasteiger partial charge in [0, 0.05) is 56.8 Å². The molecule has 0 saturated heterocycles. The number of hydrogen-bond donors (Lipinski definition) is 0. The first-order valence-electron chi connectivity index (χ1n) is 18.5. The fraction of sp³-hybridized carbons (Fsp3) is 0. The molecule has 0 radical (unpaired) electrons. The minimum atomic E-state index is 0.492. The summed E-state index contributed by atoms with van der Waals surface area (Å²) >= 11 is 0. The second-order valence-corrected chi connectivity index (χ2v) is 14.1. The van der Waals surface area contributed by atoms with Crippen molar-refractivity contribution in [3.05, 3.63) is 164 Å². The Labute approximate surface area is 318 Å². The Kier molecular flexibility index (Phi) is 6.50. The lowest BCUT2D eigenvalue weighted by Gasteiger charge is -2.10. The van der Waals surface area contributed by atoms with Crippen LogP contribution in [0.5, 0.6) is 0 Å². The number of nitrogens with zero attached hydrogens (tertiary/aromatic N) is 5. The number of furan rings is 2. The van der Waals surface area contributed by atoms with Crippen molar-refractivity contribution in [1.82, 2.24) is 24.9 Å². The highest BCUT2D eigenvalue weighted by molar-refractivity contribution is 6.28. The van der Waals surface area contributed by atoms with E-state index in [2.05, 4.69) is 96.0 Å². The van der Waals surface area contributed by atoms with E-state index in [9.17, 15) is 0 Å². The van der Waals surface area contributed by atoms with E-state index < -0.39 is 0 Å². The van der Waals surface area contributed by atoms with Gasteiger partial charge in [0.2, 0.25) is 5.71 Å². The average molecular weight is 718 g/mol. The second kappa shape index (κ2) is 11.9. The quantitative estimate of drug-likeness (QED) is 0.167. The van der Waals surface area contributed by atoms with Crippen LogP contribution in [0.4, 0.5) is 0 Å².